The van der Waals surface area contributed by atoms with Gasteiger partial charge in [-0.3, -0.25) is 0 Å². The summed E-state index contributed by atoms with van der Waals surface area (Å²) in [5.74, 6) is 0.207. The Morgan fingerprint density at radius 2 is 2.00 bits per heavy atom. The van der Waals surface area contributed by atoms with Crippen molar-refractivity contribution in [3.05, 3.63) is 36.2 Å². The fourth-order valence-electron chi connectivity index (χ4n) is 1.43. The Balaban J connectivity index is 3.02. The molecular weight excluding hydrogens is 200 g/mol. The topological polar surface area (TPSA) is 35.2 Å². The molecule has 0 aliphatic heterocycles. The second-order valence-electron chi connectivity index (χ2n) is 3.09. The lowest BCUT2D eigenvalue weighted by molar-refractivity contribution is -0.0510. The van der Waals surface area contributed by atoms with Crippen LogP contribution in [-0.4, -0.2) is 6.61 Å². The molecule has 0 fully saturated rings. The van der Waals surface area contributed by atoms with Crippen molar-refractivity contribution in [1.82, 2.24) is 0 Å². The maximum absolute atomic E-state index is 12.2. The van der Waals surface area contributed by atoms with Gasteiger partial charge >= 0.3 is 6.61 Å². The number of aryl methyl sites for hydroxylation is 1. The first-order chi connectivity index (χ1) is 7.19. The van der Waals surface area contributed by atoms with Gasteiger partial charge in [0.2, 0.25) is 0 Å². The van der Waals surface area contributed by atoms with Gasteiger partial charge in [-0.25, -0.2) is 0 Å². The monoisotopic (exact) mass is 214 g/mol. The first-order valence-corrected chi connectivity index (χ1v) is 4.74. The second kappa shape index (κ2) is 5.66. The van der Waals surface area contributed by atoms with E-state index in [9.17, 15) is 8.78 Å². The van der Waals surface area contributed by atoms with Gasteiger partial charge in [0, 0.05) is 12.1 Å². The van der Waals surface area contributed by atoms with Gasteiger partial charge in [-0.2, -0.15) is 8.78 Å². The zero-order valence-corrected chi connectivity index (χ0v) is 8.38. The Kier molecular flexibility index (Phi) is 4.49. The highest BCUT2D eigenvalue weighted by Crippen LogP contribution is 2.26. The van der Waals surface area contributed by atoms with Gasteiger partial charge in [-0.15, -0.1) is 0 Å². The molecule has 2 N–H and O–H groups in total. The molecule has 0 atom stereocenters. The second-order valence-corrected chi connectivity index (χ2v) is 3.09. The van der Waals surface area contributed by atoms with Gasteiger partial charge in [-0.05, 0) is 18.4 Å². The number of ether oxygens (including phenoxy) is 1. The first kappa shape index (κ1) is 11.9. The average molecular weight is 214 g/mol. The summed E-state index contributed by atoms with van der Waals surface area (Å²) in [5, 5.41) is 0. The van der Waals surface area contributed by atoms with Crippen LogP contribution in [0.5, 0.6) is 5.75 Å². The van der Waals surface area contributed by atoms with Gasteiger partial charge in [-0.1, -0.05) is 25.1 Å². The fraction of sp³-hybridized carbons (Fsp3) is 0.364. The number of hydrogen-bond donors (Lipinski definition) is 1. The van der Waals surface area contributed by atoms with Crippen LogP contribution in [0.2, 0.25) is 0 Å². The van der Waals surface area contributed by atoms with Crippen molar-refractivity contribution in [2.24, 2.45) is 5.73 Å². The van der Waals surface area contributed by atoms with Crippen LogP contribution in [0.25, 0.3) is 0 Å². The minimum Gasteiger partial charge on any atom is -0.434 e. The summed E-state index contributed by atoms with van der Waals surface area (Å²) in [7, 11) is 0. The average Bonchev–Trinajstić information content (AvgIpc) is 2.20. The summed E-state index contributed by atoms with van der Waals surface area (Å²) in [4.78, 5) is 0. The summed E-state index contributed by atoms with van der Waals surface area (Å²) in [6.07, 6.45) is 1.24. The van der Waals surface area contributed by atoms with Gasteiger partial charge < -0.3 is 10.5 Å². The number of halogens is 2. The van der Waals surface area contributed by atoms with Crippen molar-refractivity contribution in [3.8, 4) is 5.75 Å². The molecule has 0 aromatic heterocycles. The van der Waals surface area contributed by atoms with E-state index in [0.29, 0.717) is 18.4 Å². The molecule has 2 nitrogen and oxygen atoms in total. The van der Waals surface area contributed by atoms with Crippen LogP contribution in [0, 0.1) is 6.92 Å². The van der Waals surface area contributed by atoms with Crippen LogP contribution in [0.4, 0.5) is 8.78 Å². The van der Waals surface area contributed by atoms with Crippen molar-refractivity contribution in [2.75, 3.05) is 0 Å². The van der Waals surface area contributed by atoms with E-state index in [0.717, 1.165) is 5.56 Å². The molecule has 0 saturated heterocycles. The third-order valence-corrected chi connectivity index (χ3v) is 2.05. The zero-order chi connectivity index (χ0) is 11.3. The van der Waals surface area contributed by atoms with E-state index in [1.165, 1.54) is 0 Å². The smallest absolute Gasteiger partial charge is 0.387 e. The highest BCUT2D eigenvalue weighted by Gasteiger charge is 2.12. The Morgan fingerprint density at radius 1 is 1.33 bits per heavy atom. The largest absolute Gasteiger partial charge is 0.434 e. The lowest BCUT2D eigenvalue weighted by Crippen LogP contribution is -2.09. The van der Waals surface area contributed by atoms with Crippen LogP contribution in [0.3, 0.4) is 0 Å². The number of rotatable bonds is 5. The molecule has 0 saturated carbocycles. The standard InChI is InChI=1S/C11H14F2NO/c1-2-4-8-5-3-6-9(7-14)10(8)15-11(12)13/h3,5-6,11H,1-2,4,7,14H2. The minimum atomic E-state index is -2.82. The molecule has 0 unspecified atom stereocenters. The molecule has 4 heteroatoms. The number of nitrogens with two attached hydrogens (primary N) is 1. The summed E-state index contributed by atoms with van der Waals surface area (Å²) < 4.78 is 28.8. The maximum atomic E-state index is 12.2. The highest BCUT2D eigenvalue weighted by atomic mass is 19.3. The van der Waals surface area contributed by atoms with Gasteiger partial charge in [0.15, 0.2) is 0 Å². The molecule has 1 rings (SSSR count). The summed E-state index contributed by atoms with van der Waals surface area (Å²) in [5.41, 5.74) is 6.78. The third kappa shape index (κ3) is 3.16. The Hall–Kier alpha value is -1.16. The predicted octanol–water partition coefficient (Wildman–Crippen LogP) is 2.51. The normalized spacial score (nSPS) is 10.7. The summed E-state index contributed by atoms with van der Waals surface area (Å²) >= 11 is 0. The Bertz CT molecular complexity index is 315. The number of hydrogen-bond acceptors (Lipinski definition) is 2. The van der Waals surface area contributed by atoms with Crippen molar-refractivity contribution in [1.29, 1.82) is 0 Å². The molecule has 0 aliphatic rings. The van der Waals surface area contributed by atoms with E-state index < -0.39 is 6.61 Å². The van der Waals surface area contributed by atoms with Crippen LogP contribution in [0.1, 0.15) is 17.5 Å². The number of para-hydroxylation sites is 1. The molecule has 83 valence electrons. The summed E-state index contributed by atoms with van der Waals surface area (Å²) in [6.45, 7) is 1.05. The lowest BCUT2D eigenvalue weighted by Gasteiger charge is -2.13. The fourth-order valence-corrected chi connectivity index (χ4v) is 1.43. The molecule has 0 amide bonds. The van der Waals surface area contributed by atoms with Crippen LogP contribution in [-0.2, 0) is 13.0 Å². The van der Waals surface area contributed by atoms with E-state index in [2.05, 4.69) is 11.7 Å². The molecule has 0 spiro atoms. The van der Waals surface area contributed by atoms with Crippen molar-refractivity contribution in [3.63, 3.8) is 0 Å². The van der Waals surface area contributed by atoms with E-state index in [1.54, 1.807) is 18.2 Å². The molecule has 0 bridgehead atoms. The van der Waals surface area contributed by atoms with Gasteiger partial charge in [0.05, 0.1) is 0 Å². The van der Waals surface area contributed by atoms with E-state index >= 15 is 0 Å². The van der Waals surface area contributed by atoms with Crippen LogP contribution in [0.15, 0.2) is 18.2 Å². The number of alkyl halides is 2. The SMILES string of the molecule is [CH2]CCc1cccc(CN)c1OC(F)F. The van der Waals surface area contributed by atoms with Crippen molar-refractivity contribution >= 4 is 0 Å². The van der Waals surface area contributed by atoms with E-state index in [4.69, 9.17) is 5.73 Å². The maximum Gasteiger partial charge on any atom is 0.387 e. The molecule has 1 aromatic rings. The number of benzene rings is 1. The third-order valence-electron chi connectivity index (χ3n) is 2.05. The molecule has 15 heavy (non-hydrogen) atoms. The molecule has 1 aromatic carbocycles. The van der Waals surface area contributed by atoms with Crippen molar-refractivity contribution < 1.29 is 13.5 Å². The van der Waals surface area contributed by atoms with Crippen molar-refractivity contribution in [2.45, 2.75) is 26.0 Å². The van der Waals surface area contributed by atoms with E-state index in [1.807, 2.05) is 0 Å². The highest BCUT2D eigenvalue weighted by molar-refractivity contribution is 5.41. The minimum absolute atomic E-state index is 0.188. The van der Waals surface area contributed by atoms with Crippen LogP contribution >= 0.6 is 0 Å². The lowest BCUT2D eigenvalue weighted by atomic mass is 10.0. The summed E-state index contributed by atoms with van der Waals surface area (Å²) in [6, 6.07) is 5.22. The van der Waals surface area contributed by atoms with Crippen LogP contribution < -0.4 is 10.5 Å². The van der Waals surface area contributed by atoms with Gasteiger partial charge in [0.25, 0.3) is 0 Å². The Morgan fingerprint density at radius 3 is 2.53 bits per heavy atom. The quantitative estimate of drug-likeness (QED) is 0.817. The predicted molar refractivity (Wildman–Crippen MR) is 54.6 cm³/mol. The Labute approximate surface area is 88.0 Å². The molecule has 0 heterocycles. The first-order valence-electron chi connectivity index (χ1n) is 4.74. The zero-order valence-electron chi connectivity index (χ0n) is 8.38. The van der Waals surface area contributed by atoms with E-state index in [-0.39, 0.29) is 12.3 Å². The molecule has 0 aliphatic carbocycles. The van der Waals surface area contributed by atoms with Gasteiger partial charge in [0.1, 0.15) is 5.75 Å². The molecule has 1 radical (unpaired) electrons. The molecular formula is C11H14F2NO.